The zero-order valence-electron chi connectivity index (χ0n) is 17.2. The van der Waals surface area contributed by atoms with Gasteiger partial charge >= 0.3 is 0 Å². The lowest BCUT2D eigenvalue weighted by Crippen LogP contribution is -2.47. The van der Waals surface area contributed by atoms with Crippen molar-refractivity contribution in [3.8, 4) is 11.5 Å². The second kappa shape index (κ2) is 9.45. The minimum atomic E-state index is -0.337. The van der Waals surface area contributed by atoms with Gasteiger partial charge in [-0.2, -0.15) is 0 Å². The van der Waals surface area contributed by atoms with Crippen LogP contribution in [0.2, 0.25) is 0 Å². The number of rotatable bonds is 6. The number of ether oxygens (including phenoxy) is 2. The monoisotopic (exact) mass is 396 g/mol. The Morgan fingerprint density at radius 1 is 1.00 bits per heavy atom. The van der Waals surface area contributed by atoms with Gasteiger partial charge in [0.05, 0.1) is 18.4 Å². The van der Waals surface area contributed by atoms with E-state index in [9.17, 15) is 9.59 Å². The van der Waals surface area contributed by atoms with Crippen molar-refractivity contribution in [1.29, 1.82) is 0 Å². The van der Waals surface area contributed by atoms with E-state index in [2.05, 4.69) is 19.2 Å². The third kappa shape index (κ3) is 4.88. The molecule has 0 unspecified atom stereocenters. The molecule has 29 heavy (non-hydrogen) atoms. The maximum Gasteiger partial charge on any atom is 0.262 e. The summed E-state index contributed by atoms with van der Waals surface area (Å²) in [4.78, 5) is 27.6. The molecule has 1 aliphatic rings. The van der Waals surface area contributed by atoms with Crippen LogP contribution in [0.4, 0.5) is 5.69 Å². The molecule has 6 nitrogen and oxygen atoms in total. The van der Waals surface area contributed by atoms with Crippen molar-refractivity contribution in [3.63, 3.8) is 0 Å². The lowest BCUT2D eigenvalue weighted by molar-refractivity contribution is -0.118. The van der Waals surface area contributed by atoms with Gasteiger partial charge in [-0.1, -0.05) is 24.3 Å². The third-order valence-corrected chi connectivity index (χ3v) is 5.29. The largest absolute Gasteiger partial charge is 0.493 e. The van der Waals surface area contributed by atoms with Crippen molar-refractivity contribution in [2.75, 3.05) is 19.0 Å². The predicted molar refractivity (Wildman–Crippen MR) is 113 cm³/mol. The van der Waals surface area contributed by atoms with Crippen molar-refractivity contribution in [2.45, 2.75) is 45.2 Å². The standard InChI is InChI=1S/C23H28N2O4/c1-16-9-8-10-17(2)25(16)23(27)18-11-4-5-12-19(18)24-22(26)15-29-21-14-7-6-13-20(21)28-3/h4-7,11-14,16-17H,8-10,15H2,1-3H3,(H,24,26)/t16-,17+. The van der Waals surface area contributed by atoms with Gasteiger partial charge < -0.3 is 19.7 Å². The summed E-state index contributed by atoms with van der Waals surface area (Å²) in [5, 5.41) is 2.82. The van der Waals surface area contributed by atoms with Gasteiger partial charge in [0.25, 0.3) is 11.8 Å². The van der Waals surface area contributed by atoms with Crippen molar-refractivity contribution >= 4 is 17.5 Å². The van der Waals surface area contributed by atoms with Crippen LogP contribution in [0.15, 0.2) is 48.5 Å². The summed E-state index contributed by atoms with van der Waals surface area (Å²) >= 11 is 0. The summed E-state index contributed by atoms with van der Waals surface area (Å²) < 4.78 is 10.8. The molecule has 0 saturated carbocycles. The molecule has 2 aromatic rings. The smallest absolute Gasteiger partial charge is 0.262 e. The summed E-state index contributed by atoms with van der Waals surface area (Å²) in [5.74, 6) is 0.663. The van der Waals surface area contributed by atoms with Crippen molar-refractivity contribution < 1.29 is 19.1 Å². The minimum Gasteiger partial charge on any atom is -0.493 e. The average molecular weight is 396 g/mol. The van der Waals surface area contributed by atoms with E-state index >= 15 is 0 Å². The second-order valence-corrected chi connectivity index (χ2v) is 7.37. The molecule has 1 fully saturated rings. The molecule has 1 aliphatic heterocycles. The number of nitrogens with one attached hydrogen (secondary N) is 1. The summed E-state index contributed by atoms with van der Waals surface area (Å²) in [7, 11) is 1.55. The Morgan fingerprint density at radius 3 is 2.31 bits per heavy atom. The molecule has 2 amide bonds. The van der Waals surface area contributed by atoms with Gasteiger partial charge in [-0.3, -0.25) is 9.59 Å². The maximum absolute atomic E-state index is 13.2. The fourth-order valence-electron chi connectivity index (χ4n) is 3.81. The number of benzene rings is 2. The lowest BCUT2D eigenvalue weighted by Gasteiger charge is -2.39. The molecule has 0 aliphatic carbocycles. The molecular weight excluding hydrogens is 368 g/mol. The highest BCUT2D eigenvalue weighted by molar-refractivity contribution is 6.04. The first-order valence-electron chi connectivity index (χ1n) is 9.98. The van der Waals surface area contributed by atoms with E-state index in [1.54, 1.807) is 37.4 Å². The Bertz CT molecular complexity index is 857. The molecular formula is C23H28N2O4. The van der Waals surface area contributed by atoms with Crippen LogP contribution in [0, 0.1) is 0 Å². The Balaban J connectivity index is 1.70. The first kappa shape index (κ1) is 20.7. The van der Waals surface area contributed by atoms with Gasteiger partial charge in [0, 0.05) is 12.1 Å². The van der Waals surface area contributed by atoms with Crippen LogP contribution in [0.3, 0.4) is 0 Å². The van der Waals surface area contributed by atoms with E-state index in [1.807, 2.05) is 23.1 Å². The predicted octanol–water partition coefficient (Wildman–Crippen LogP) is 4.12. The lowest BCUT2D eigenvalue weighted by atomic mass is 9.96. The number of hydrogen-bond donors (Lipinski definition) is 1. The SMILES string of the molecule is COc1ccccc1OCC(=O)Nc1ccccc1C(=O)N1[C@H](C)CCC[C@@H]1C. The summed E-state index contributed by atoms with van der Waals surface area (Å²) in [6, 6.07) is 14.6. The van der Waals surface area contributed by atoms with E-state index in [0.717, 1.165) is 19.3 Å². The zero-order valence-corrected chi connectivity index (χ0v) is 17.2. The number of methoxy groups -OCH3 is 1. The van der Waals surface area contributed by atoms with Crippen LogP contribution in [0.1, 0.15) is 43.5 Å². The molecule has 1 heterocycles. The molecule has 0 radical (unpaired) electrons. The first-order chi connectivity index (χ1) is 14.0. The molecule has 6 heteroatoms. The molecule has 2 aromatic carbocycles. The number of carbonyl (C=O) groups is 2. The average Bonchev–Trinajstić information content (AvgIpc) is 2.72. The normalized spacial score (nSPS) is 18.8. The highest BCUT2D eigenvalue weighted by Gasteiger charge is 2.30. The minimum absolute atomic E-state index is 0.0498. The summed E-state index contributed by atoms with van der Waals surface area (Å²) in [6.07, 6.45) is 3.12. The zero-order chi connectivity index (χ0) is 20.8. The van der Waals surface area contributed by atoms with Gasteiger partial charge in [0.15, 0.2) is 18.1 Å². The molecule has 0 aromatic heterocycles. The van der Waals surface area contributed by atoms with E-state index in [0.29, 0.717) is 22.7 Å². The van der Waals surface area contributed by atoms with Crippen LogP contribution in [0.5, 0.6) is 11.5 Å². The fourth-order valence-corrected chi connectivity index (χ4v) is 3.81. The number of likely N-dealkylation sites (tertiary alicyclic amines) is 1. The summed E-state index contributed by atoms with van der Waals surface area (Å²) in [6.45, 7) is 3.98. The second-order valence-electron chi connectivity index (χ2n) is 7.37. The van der Waals surface area contributed by atoms with E-state index in [-0.39, 0.29) is 30.5 Å². The van der Waals surface area contributed by atoms with Crippen molar-refractivity contribution in [1.82, 2.24) is 4.90 Å². The number of carbonyl (C=O) groups excluding carboxylic acids is 2. The Kier molecular flexibility index (Phi) is 6.75. The maximum atomic E-state index is 13.2. The van der Waals surface area contributed by atoms with Crippen LogP contribution < -0.4 is 14.8 Å². The Morgan fingerprint density at radius 2 is 1.62 bits per heavy atom. The number of para-hydroxylation sites is 3. The molecule has 1 N–H and O–H groups in total. The van der Waals surface area contributed by atoms with E-state index in [1.165, 1.54) is 0 Å². The van der Waals surface area contributed by atoms with Gasteiger partial charge in [-0.05, 0) is 57.4 Å². The third-order valence-electron chi connectivity index (χ3n) is 5.29. The van der Waals surface area contributed by atoms with E-state index in [4.69, 9.17) is 9.47 Å². The molecule has 0 spiro atoms. The number of nitrogens with zero attached hydrogens (tertiary/aromatic N) is 1. The molecule has 1 saturated heterocycles. The van der Waals surface area contributed by atoms with Gasteiger partial charge in [-0.15, -0.1) is 0 Å². The topological polar surface area (TPSA) is 67.9 Å². The van der Waals surface area contributed by atoms with E-state index < -0.39 is 0 Å². The number of hydrogen-bond acceptors (Lipinski definition) is 4. The number of piperidine rings is 1. The quantitative estimate of drug-likeness (QED) is 0.798. The molecule has 0 bridgehead atoms. The van der Waals surface area contributed by atoms with Gasteiger partial charge in [0.2, 0.25) is 0 Å². The first-order valence-corrected chi connectivity index (χ1v) is 9.98. The highest BCUT2D eigenvalue weighted by atomic mass is 16.5. The molecule has 154 valence electrons. The van der Waals surface area contributed by atoms with Crippen LogP contribution >= 0.6 is 0 Å². The van der Waals surface area contributed by atoms with Gasteiger partial charge in [-0.25, -0.2) is 0 Å². The number of anilines is 1. The molecule has 2 atom stereocenters. The van der Waals surface area contributed by atoms with Crippen LogP contribution in [-0.4, -0.2) is 42.5 Å². The summed E-state index contributed by atoms with van der Waals surface area (Å²) in [5.41, 5.74) is 0.995. The van der Waals surface area contributed by atoms with Gasteiger partial charge in [0.1, 0.15) is 0 Å². The van der Waals surface area contributed by atoms with Crippen molar-refractivity contribution in [3.05, 3.63) is 54.1 Å². The van der Waals surface area contributed by atoms with Crippen LogP contribution in [0.25, 0.3) is 0 Å². The number of amides is 2. The van der Waals surface area contributed by atoms with Crippen LogP contribution in [-0.2, 0) is 4.79 Å². The molecule has 3 rings (SSSR count). The Labute approximate surface area is 171 Å². The van der Waals surface area contributed by atoms with Crippen molar-refractivity contribution in [2.24, 2.45) is 0 Å². The highest BCUT2D eigenvalue weighted by Crippen LogP contribution is 2.28. The Hall–Kier alpha value is -3.02. The fraction of sp³-hybridized carbons (Fsp3) is 0.391.